The Morgan fingerprint density at radius 1 is 1.29 bits per heavy atom. The van der Waals surface area contributed by atoms with E-state index in [0.717, 1.165) is 21.9 Å². The van der Waals surface area contributed by atoms with Crippen molar-refractivity contribution < 1.29 is 9.53 Å². The summed E-state index contributed by atoms with van der Waals surface area (Å²) in [6.07, 6.45) is 0.699. The molecule has 0 radical (unpaired) electrons. The van der Waals surface area contributed by atoms with Crippen molar-refractivity contribution in [2.45, 2.75) is 13.3 Å². The number of hydrogen-bond donors (Lipinski definition) is 1. The lowest BCUT2D eigenvalue weighted by atomic mass is 9.96. The highest BCUT2D eigenvalue weighted by atomic mass is 32.1. The Bertz CT molecular complexity index is 885. The third-order valence-electron chi connectivity index (χ3n) is 3.98. The van der Waals surface area contributed by atoms with E-state index in [9.17, 15) is 4.79 Å². The minimum atomic E-state index is -0.184. The van der Waals surface area contributed by atoms with E-state index in [0.29, 0.717) is 18.2 Å². The quantitative estimate of drug-likeness (QED) is 0.758. The average Bonchev–Trinajstić information content (AvgIpc) is 3.23. The normalized spacial score (nSPS) is 16.3. The molecular weight excluding hydrogens is 340 g/mol. The van der Waals surface area contributed by atoms with Gasteiger partial charge in [0.15, 0.2) is 5.13 Å². The van der Waals surface area contributed by atoms with E-state index < -0.39 is 0 Å². The van der Waals surface area contributed by atoms with Gasteiger partial charge in [-0.3, -0.25) is 4.79 Å². The molecule has 1 unspecified atom stereocenters. The third kappa shape index (κ3) is 3.07. The first-order valence-corrected chi connectivity index (χ1v) is 9.42. The zero-order valence-electron chi connectivity index (χ0n) is 13.1. The van der Waals surface area contributed by atoms with Crippen molar-refractivity contribution in [2.75, 3.05) is 11.9 Å². The van der Waals surface area contributed by atoms with Gasteiger partial charge in [-0.1, -0.05) is 18.2 Å². The first-order chi connectivity index (χ1) is 11.7. The average molecular weight is 356 g/mol. The van der Waals surface area contributed by atoms with Gasteiger partial charge in [0.1, 0.15) is 12.4 Å². The number of carbonyl (C=O) groups is 1. The van der Waals surface area contributed by atoms with E-state index in [2.05, 4.69) is 29.4 Å². The Labute approximate surface area is 148 Å². The maximum Gasteiger partial charge on any atom is 0.233 e. The van der Waals surface area contributed by atoms with E-state index in [4.69, 9.17) is 4.74 Å². The predicted octanol–water partition coefficient (Wildman–Crippen LogP) is 4.37. The van der Waals surface area contributed by atoms with Crippen molar-refractivity contribution >= 4 is 33.7 Å². The second kappa shape index (κ2) is 6.37. The number of nitrogens with one attached hydrogen (secondary N) is 1. The third-order valence-corrected chi connectivity index (χ3v) is 5.76. The number of ether oxygens (including phenoxy) is 1. The Balaban J connectivity index is 1.44. The molecule has 0 saturated heterocycles. The summed E-state index contributed by atoms with van der Waals surface area (Å²) in [5, 5.41) is 5.55. The van der Waals surface area contributed by atoms with Crippen molar-refractivity contribution in [3.05, 3.63) is 52.2 Å². The fraction of sp³-hybridized carbons (Fsp3) is 0.222. The van der Waals surface area contributed by atoms with Gasteiger partial charge in [0.25, 0.3) is 0 Å². The molecule has 1 aliphatic heterocycles. The van der Waals surface area contributed by atoms with Gasteiger partial charge in [-0.2, -0.15) is 0 Å². The van der Waals surface area contributed by atoms with Gasteiger partial charge in [-0.25, -0.2) is 4.98 Å². The molecule has 1 aliphatic rings. The molecule has 2 aromatic heterocycles. The number of amides is 1. The summed E-state index contributed by atoms with van der Waals surface area (Å²) < 4.78 is 5.70. The van der Waals surface area contributed by atoms with Crippen molar-refractivity contribution in [3.8, 4) is 16.3 Å². The van der Waals surface area contributed by atoms with Crippen LogP contribution in [0.1, 0.15) is 10.4 Å². The van der Waals surface area contributed by atoms with E-state index >= 15 is 0 Å². The van der Waals surface area contributed by atoms with Gasteiger partial charge >= 0.3 is 0 Å². The van der Waals surface area contributed by atoms with E-state index in [1.807, 2.05) is 29.6 Å². The van der Waals surface area contributed by atoms with Gasteiger partial charge < -0.3 is 10.1 Å². The molecule has 6 heteroatoms. The first-order valence-electron chi connectivity index (χ1n) is 7.73. The maximum absolute atomic E-state index is 12.5. The fourth-order valence-electron chi connectivity index (χ4n) is 2.72. The molecule has 24 heavy (non-hydrogen) atoms. The van der Waals surface area contributed by atoms with Crippen molar-refractivity contribution in [1.82, 2.24) is 4.98 Å². The lowest BCUT2D eigenvalue weighted by Gasteiger charge is -2.24. The molecule has 0 spiro atoms. The van der Waals surface area contributed by atoms with Crippen LogP contribution in [0.3, 0.4) is 0 Å². The van der Waals surface area contributed by atoms with Crippen LogP contribution in [0.4, 0.5) is 5.13 Å². The summed E-state index contributed by atoms with van der Waals surface area (Å²) in [4.78, 5) is 19.4. The number of fused-ring (bicyclic) bond motifs is 1. The molecule has 0 aliphatic carbocycles. The number of anilines is 1. The molecule has 122 valence electrons. The maximum atomic E-state index is 12.5. The summed E-state index contributed by atoms with van der Waals surface area (Å²) >= 11 is 3.16. The van der Waals surface area contributed by atoms with Crippen LogP contribution in [-0.4, -0.2) is 17.5 Å². The molecule has 0 fully saturated rings. The largest absolute Gasteiger partial charge is 0.492 e. The fourth-order valence-corrected chi connectivity index (χ4v) is 4.34. The zero-order chi connectivity index (χ0) is 16.5. The first kappa shape index (κ1) is 15.4. The van der Waals surface area contributed by atoms with Gasteiger partial charge in [0, 0.05) is 10.3 Å². The molecule has 1 N–H and O–H groups in total. The van der Waals surface area contributed by atoms with Gasteiger partial charge in [0.2, 0.25) is 5.91 Å². The van der Waals surface area contributed by atoms with Crippen LogP contribution in [0.25, 0.3) is 10.6 Å². The number of thiazole rings is 1. The Morgan fingerprint density at radius 3 is 3.00 bits per heavy atom. The highest BCUT2D eigenvalue weighted by Crippen LogP contribution is 2.31. The molecule has 3 heterocycles. The number of benzene rings is 1. The molecule has 1 amide bonds. The van der Waals surface area contributed by atoms with Crippen LogP contribution < -0.4 is 10.1 Å². The van der Waals surface area contributed by atoms with Crippen LogP contribution in [-0.2, 0) is 11.2 Å². The van der Waals surface area contributed by atoms with Crippen LogP contribution >= 0.6 is 22.7 Å². The molecule has 3 aromatic rings. The van der Waals surface area contributed by atoms with Gasteiger partial charge in [-0.15, -0.1) is 22.7 Å². The molecule has 4 rings (SSSR count). The standard InChI is InChI=1S/C18H16N2O2S2/c1-11-6-7-16(24-11)14-10-23-18(19-14)20-17(21)13-8-12-4-2-3-5-15(12)22-9-13/h2-7,10,13H,8-9H2,1H3,(H,19,20,21). The molecule has 4 nitrogen and oxygen atoms in total. The van der Waals surface area contributed by atoms with Gasteiger partial charge in [0.05, 0.1) is 16.5 Å². The Hall–Kier alpha value is -2.18. The second-order valence-electron chi connectivity index (χ2n) is 5.76. The van der Waals surface area contributed by atoms with E-state index in [-0.39, 0.29) is 11.8 Å². The van der Waals surface area contributed by atoms with E-state index in [1.165, 1.54) is 16.2 Å². The SMILES string of the molecule is Cc1ccc(-c2csc(NC(=O)C3COc4ccccc4C3)n2)s1. The highest BCUT2D eigenvalue weighted by molar-refractivity contribution is 7.17. The molecule has 0 saturated carbocycles. The molecule has 1 atom stereocenters. The van der Waals surface area contributed by atoms with Crippen molar-refractivity contribution in [3.63, 3.8) is 0 Å². The van der Waals surface area contributed by atoms with Crippen LogP contribution in [0.2, 0.25) is 0 Å². The predicted molar refractivity (Wildman–Crippen MR) is 97.9 cm³/mol. The smallest absolute Gasteiger partial charge is 0.233 e. The number of aromatic nitrogens is 1. The van der Waals surface area contributed by atoms with Crippen LogP contribution in [0.15, 0.2) is 41.8 Å². The number of aryl methyl sites for hydroxylation is 1. The molecule has 1 aromatic carbocycles. The van der Waals surface area contributed by atoms with Gasteiger partial charge in [-0.05, 0) is 37.1 Å². The zero-order valence-corrected chi connectivity index (χ0v) is 14.7. The number of carbonyl (C=O) groups excluding carboxylic acids is 1. The highest BCUT2D eigenvalue weighted by Gasteiger charge is 2.26. The van der Waals surface area contributed by atoms with Crippen molar-refractivity contribution in [2.24, 2.45) is 5.92 Å². The lowest BCUT2D eigenvalue weighted by Crippen LogP contribution is -2.32. The summed E-state index contributed by atoms with van der Waals surface area (Å²) in [5.41, 5.74) is 2.00. The summed E-state index contributed by atoms with van der Waals surface area (Å²) in [7, 11) is 0. The summed E-state index contributed by atoms with van der Waals surface area (Å²) in [5.74, 6) is 0.662. The minimum Gasteiger partial charge on any atom is -0.492 e. The van der Waals surface area contributed by atoms with Crippen LogP contribution in [0, 0.1) is 12.8 Å². The number of rotatable bonds is 3. The summed E-state index contributed by atoms with van der Waals surface area (Å²) in [6.45, 7) is 2.48. The molecular formula is C18H16N2O2S2. The summed E-state index contributed by atoms with van der Waals surface area (Å²) in [6, 6.07) is 12.0. The second-order valence-corrected chi connectivity index (χ2v) is 7.90. The molecule has 0 bridgehead atoms. The minimum absolute atomic E-state index is 0.0345. The number of para-hydroxylation sites is 1. The Morgan fingerprint density at radius 2 is 2.17 bits per heavy atom. The topological polar surface area (TPSA) is 51.2 Å². The Kier molecular flexibility index (Phi) is 4.08. The lowest BCUT2D eigenvalue weighted by molar-refractivity contribution is -0.121. The van der Waals surface area contributed by atoms with Crippen molar-refractivity contribution in [1.29, 1.82) is 0 Å². The number of nitrogens with zero attached hydrogens (tertiary/aromatic N) is 1. The van der Waals surface area contributed by atoms with Crippen LogP contribution in [0.5, 0.6) is 5.75 Å². The van der Waals surface area contributed by atoms with E-state index in [1.54, 1.807) is 11.3 Å². The monoisotopic (exact) mass is 356 g/mol. The number of thiophene rings is 1. The number of hydrogen-bond acceptors (Lipinski definition) is 5.